The molecule has 0 saturated carbocycles. The smallest absolute Gasteiger partial charge is 0.264 e. The van der Waals surface area contributed by atoms with Crippen LogP contribution in [0, 0.1) is 5.82 Å². The van der Waals surface area contributed by atoms with Gasteiger partial charge in [-0.15, -0.1) is 0 Å². The van der Waals surface area contributed by atoms with E-state index in [1.54, 1.807) is 18.2 Å². The molecule has 7 nitrogen and oxygen atoms in total. The molecule has 3 aromatic carbocycles. The lowest BCUT2D eigenvalue weighted by molar-refractivity contribution is -0.139. The van der Waals surface area contributed by atoms with E-state index in [9.17, 15) is 22.4 Å². The highest BCUT2D eigenvalue weighted by Crippen LogP contribution is 2.33. The normalized spacial score (nSPS) is 12.0. The van der Waals surface area contributed by atoms with Gasteiger partial charge in [0.1, 0.15) is 18.4 Å². The lowest BCUT2D eigenvalue weighted by Crippen LogP contribution is -2.50. The quantitative estimate of drug-likeness (QED) is 0.424. The third kappa shape index (κ3) is 6.34. The minimum Gasteiger partial charge on any atom is -0.357 e. The Balaban J connectivity index is 2.05. The molecule has 0 aromatic heterocycles. The minimum absolute atomic E-state index is 0.0271. The zero-order valence-electron chi connectivity index (χ0n) is 19.5. The Bertz CT molecular complexity index is 1340. The zero-order chi connectivity index (χ0) is 26.5. The Kier molecular flexibility index (Phi) is 8.94. The molecule has 1 N–H and O–H groups in total. The number of likely N-dealkylation sites (N-methyl/N-ethyl adjacent to an activating group) is 1. The van der Waals surface area contributed by atoms with Crippen molar-refractivity contribution < 1.29 is 22.4 Å². The molecule has 2 amide bonds. The van der Waals surface area contributed by atoms with Gasteiger partial charge in [0.25, 0.3) is 10.0 Å². The summed E-state index contributed by atoms with van der Waals surface area (Å²) in [5.74, 6) is -1.57. The van der Waals surface area contributed by atoms with Crippen molar-refractivity contribution in [2.45, 2.75) is 24.4 Å². The van der Waals surface area contributed by atoms with Crippen LogP contribution in [-0.4, -0.2) is 44.8 Å². The fourth-order valence-electron chi connectivity index (χ4n) is 3.49. The molecule has 0 fully saturated rings. The molecule has 0 aliphatic rings. The zero-order valence-corrected chi connectivity index (χ0v) is 21.8. The molecule has 1 atom stereocenters. The van der Waals surface area contributed by atoms with Crippen molar-refractivity contribution in [2.75, 3.05) is 17.9 Å². The second-order valence-electron chi connectivity index (χ2n) is 7.86. The summed E-state index contributed by atoms with van der Waals surface area (Å²) in [5, 5.41) is 2.81. The van der Waals surface area contributed by atoms with E-state index in [2.05, 4.69) is 5.32 Å². The van der Waals surface area contributed by atoms with Gasteiger partial charge in [0, 0.05) is 18.6 Å². The second kappa shape index (κ2) is 11.7. The number of rotatable bonds is 9. The number of benzene rings is 3. The highest BCUT2D eigenvalue weighted by atomic mass is 35.5. The van der Waals surface area contributed by atoms with Crippen molar-refractivity contribution in [3.05, 3.63) is 94.2 Å². The lowest BCUT2D eigenvalue weighted by atomic mass is 10.1. The van der Waals surface area contributed by atoms with Gasteiger partial charge in [-0.2, -0.15) is 0 Å². The summed E-state index contributed by atoms with van der Waals surface area (Å²) in [6.45, 7) is 0.813. The molecule has 1 unspecified atom stereocenters. The largest absolute Gasteiger partial charge is 0.357 e. The summed E-state index contributed by atoms with van der Waals surface area (Å²) in [5.41, 5.74) is 0.607. The van der Waals surface area contributed by atoms with Gasteiger partial charge in [0.2, 0.25) is 11.8 Å². The van der Waals surface area contributed by atoms with Gasteiger partial charge in [-0.25, -0.2) is 12.8 Å². The van der Waals surface area contributed by atoms with E-state index >= 15 is 0 Å². The number of nitrogens with zero attached hydrogens (tertiary/aromatic N) is 2. The molecule has 0 bridgehead atoms. The molecule has 190 valence electrons. The topological polar surface area (TPSA) is 86.8 Å². The molecule has 0 aliphatic carbocycles. The first-order valence-electron chi connectivity index (χ1n) is 10.8. The van der Waals surface area contributed by atoms with E-state index in [-0.39, 0.29) is 22.2 Å². The molecule has 0 radical (unpaired) electrons. The van der Waals surface area contributed by atoms with Gasteiger partial charge in [0.05, 0.1) is 15.6 Å². The predicted molar refractivity (Wildman–Crippen MR) is 138 cm³/mol. The van der Waals surface area contributed by atoms with Crippen molar-refractivity contribution in [3.8, 4) is 0 Å². The molecule has 0 spiro atoms. The molecule has 0 heterocycles. The van der Waals surface area contributed by atoms with Crippen LogP contribution in [0.15, 0.2) is 77.7 Å². The monoisotopic (exact) mass is 551 g/mol. The predicted octanol–water partition coefficient (Wildman–Crippen LogP) is 4.49. The number of halogens is 3. The van der Waals surface area contributed by atoms with E-state index in [1.165, 1.54) is 73.5 Å². The maximum Gasteiger partial charge on any atom is 0.264 e. The van der Waals surface area contributed by atoms with E-state index in [1.807, 2.05) is 0 Å². The molecule has 0 aliphatic heterocycles. The van der Waals surface area contributed by atoms with Crippen LogP contribution in [0.1, 0.15) is 12.5 Å². The first-order chi connectivity index (χ1) is 17.0. The van der Waals surface area contributed by atoms with Crippen LogP contribution < -0.4 is 9.62 Å². The third-order valence-electron chi connectivity index (χ3n) is 5.47. The van der Waals surface area contributed by atoms with Crippen LogP contribution >= 0.6 is 23.2 Å². The van der Waals surface area contributed by atoms with Crippen molar-refractivity contribution in [3.63, 3.8) is 0 Å². The van der Waals surface area contributed by atoms with Crippen LogP contribution in [0.5, 0.6) is 0 Å². The number of carbonyl (C=O) groups is 2. The average Bonchev–Trinajstić information content (AvgIpc) is 2.86. The molecule has 3 rings (SSSR count). The number of hydrogen-bond donors (Lipinski definition) is 1. The highest BCUT2D eigenvalue weighted by molar-refractivity contribution is 7.92. The Morgan fingerprint density at radius 2 is 1.64 bits per heavy atom. The van der Waals surface area contributed by atoms with Gasteiger partial charge >= 0.3 is 0 Å². The Morgan fingerprint density at radius 1 is 1.00 bits per heavy atom. The second-order valence-corrected chi connectivity index (χ2v) is 10.6. The number of sulfonamides is 1. The van der Waals surface area contributed by atoms with Crippen LogP contribution in [0.4, 0.5) is 10.1 Å². The van der Waals surface area contributed by atoms with Gasteiger partial charge in [0.15, 0.2) is 0 Å². The van der Waals surface area contributed by atoms with Crippen LogP contribution in [0.25, 0.3) is 0 Å². The number of carbonyl (C=O) groups excluding carboxylic acids is 2. The maximum absolute atomic E-state index is 13.6. The number of hydrogen-bond acceptors (Lipinski definition) is 4. The summed E-state index contributed by atoms with van der Waals surface area (Å²) in [6.07, 6.45) is 0. The van der Waals surface area contributed by atoms with Crippen LogP contribution in [0.2, 0.25) is 10.0 Å². The number of anilines is 1. The fourth-order valence-corrected chi connectivity index (χ4v) is 5.51. The number of nitrogens with one attached hydrogen (secondary N) is 1. The van der Waals surface area contributed by atoms with E-state index in [0.717, 1.165) is 4.31 Å². The molecule has 36 heavy (non-hydrogen) atoms. The molecular formula is C25H24Cl2FN3O4S. The summed E-state index contributed by atoms with van der Waals surface area (Å²) >= 11 is 12.3. The van der Waals surface area contributed by atoms with E-state index < -0.39 is 40.2 Å². The fraction of sp³-hybridized carbons (Fsp3) is 0.200. The van der Waals surface area contributed by atoms with Crippen molar-refractivity contribution in [2.24, 2.45) is 0 Å². The summed E-state index contributed by atoms with van der Waals surface area (Å²) in [4.78, 5) is 27.2. The minimum atomic E-state index is -4.24. The number of amides is 2. The summed E-state index contributed by atoms with van der Waals surface area (Å²) < 4.78 is 41.5. The Labute approximate surface area is 219 Å². The SMILES string of the molecule is CNC(=O)C(C)N(Cc1ccc(F)cc1)C(=O)CN(c1ccc(Cl)cc1Cl)S(=O)(=O)c1ccccc1. The Morgan fingerprint density at radius 3 is 2.22 bits per heavy atom. The first-order valence-corrected chi connectivity index (χ1v) is 13.0. The standard InChI is InChI=1S/C25H24Cl2FN3O4S/c1-17(25(33)29-2)30(15-18-8-11-20(28)12-9-18)24(32)16-31(23-13-10-19(26)14-22(23)27)36(34,35)21-6-4-3-5-7-21/h3-14,17H,15-16H2,1-2H3,(H,29,33). The average molecular weight is 552 g/mol. The first kappa shape index (κ1) is 27.4. The van der Waals surface area contributed by atoms with Gasteiger partial charge in [-0.05, 0) is 55.0 Å². The summed E-state index contributed by atoms with van der Waals surface area (Å²) in [7, 11) is -2.81. The summed E-state index contributed by atoms with van der Waals surface area (Å²) in [6, 6.07) is 16.3. The third-order valence-corrected chi connectivity index (χ3v) is 7.78. The maximum atomic E-state index is 13.6. The van der Waals surface area contributed by atoms with Crippen LogP contribution in [0.3, 0.4) is 0 Å². The Hall–Kier alpha value is -3.14. The van der Waals surface area contributed by atoms with Crippen molar-refractivity contribution in [1.29, 1.82) is 0 Å². The molecule has 0 saturated heterocycles. The highest BCUT2D eigenvalue weighted by Gasteiger charge is 2.33. The van der Waals surface area contributed by atoms with Gasteiger partial charge < -0.3 is 10.2 Å². The van der Waals surface area contributed by atoms with Gasteiger partial charge in [-0.3, -0.25) is 13.9 Å². The van der Waals surface area contributed by atoms with Gasteiger partial charge in [-0.1, -0.05) is 53.5 Å². The lowest BCUT2D eigenvalue weighted by Gasteiger charge is -2.32. The van der Waals surface area contributed by atoms with Crippen molar-refractivity contribution >= 4 is 50.7 Å². The van der Waals surface area contributed by atoms with Crippen LogP contribution in [-0.2, 0) is 26.2 Å². The molecule has 11 heteroatoms. The van der Waals surface area contributed by atoms with E-state index in [0.29, 0.717) is 10.6 Å². The van der Waals surface area contributed by atoms with Crippen molar-refractivity contribution in [1.82, 2.24) is 10.2 Å². The molecule has 3 aromatic rings. The molecular weight excluding hydrogens is 528 g/mol. The van der Waals surface area contributed by atoms with E-state index in [4.69, 9.17) is 23.2 Å².